The molecule has 1 unspecified atom stereocenters. The highest BCUT2D eigenvalue weighted by Crippen LogP contribution is 2.41. The second kappa shape index (κ2) is 10.8. The minimum absolute atomic E-state index is 0.174. The fourth-order valence-electron chi connectivity index (χ4n) is 5.85. The highest BCUT2D eigenvalue weighted by Gasteiger charge is 2.24. The molecule has 1 fully saturated rings. The lowest BCUT2D eigenvalue weighted by Gasteiger charge is -2.19. The summed E-state index contributed by atoms with van der Waals surface area (Å²) < 4.78 is 20.1. The Labute approximate surface area is 222 Å². The first-order valence-electron chi connectivity index (χ1n) is 13.4. The van der Waals surface area contributed by atoms with Gasteiger partial charge in [-0.25, -0.2) is 4.98 Å². The first-order chi connectivity index (χ1) is 18.2. The number of rotatable bonds is 7. The van der Waals surface area contributed by atoms with Crippen LogP contribution in [0.2, 0.25) is 0 Å². The Balaban J connectivity index is 1.35. The minimum Gasteiger partial charge on any atom is -0.489 e. The summed E-state index contributed by atoms with van der Waals surface area (Å²) in [6, 6.07) is 22.3. The SMILES string of the molecule is Cc1ccc2c(c1)CCCC(c1ccc3ncsc3c1)=C2c1ccc(OC2CCN(CCCF)C2)cc1. The van der Waals surface area contributed by atoms with Crippen LogP contribution in [0.5, 0.6) is 5.75 Å². The summed E-state index contributed by atoms with van der Waals surface area (Å²) in [6.45, 7) is 4.62. The summed E-state index contributed by atoms with van der Waals surface area (Å²) in [5.74, 6) is 0.909. The van der Waals surface area contributed by atoms with E-state index in [4.69, 9.17) is 4.74 Å². The van der Waals surface area contributed by atoms with Gasteiger partial charge in [-0.05, 0) is 96.7 Å². The maximum absolute atomic E-state index is 12.5. The van der Waals surface area contributed by atoms with E-state index in [2.05, 4.69) is 77.5 Å². The molecule has 1 atom stereocenters. The highest BCUT2D eigenvalue weighted by atomic mass is 32.1. The molecular formula is C32H33FN2OS. The standard InChI is InChI=1S/C32H33FN2OS/c1-22-6-12-29-24(18-22)4-2-5-28(25-9-13-30-31(19-25)37-21-34-30)32(29)23-7-10-26(11-8-23)36-27-14-17-35(20-27)16-3-15-33/h6-13,18-19,21,27H,2-5,14-17,20H2,1H3. The van der Waals surface area contributed by atoms with Crippen LogP contribution in [0.4, 0.5) is 4.39 Å². The zero-order valence-corrected chi connectivity index (χ0v) is 22.2. The van der Waals surface area contributed by atoms with Crippen LogP contribution in [0.3, 0.4) is 0 Å². The zero-order chi connectivity index (χ0) is 25.2. The second-order valence-electron chi connectivity index (χ2n) is 10.3. The van der Waals surface area contributed by atoms with E-state index >= 15 is 0 Å². The van der Waals surface area contributed by atoms with Gasteiger partial charge in [-0.15, -0.1) is 11.3 Å². The van der Waals surface area contributed by atoms with Crippen LogP contribution in [0.25, 0.3) is 21.4 Å². The third kappa shape index (κ3) is 5.21. The first-order valence-corrected chi connectivity index (χ1v) is 14.3. The van der Waals surface area contributed by atoms with Crippen LogP contribution in [0, 0.1) is 6.92 Å². The number of likely N-dealkylation sites (tertiary alicyclic amines) is 1. The lowest BCUT2D eigenvalue weighted by atomic mass is 9.87. The Hall–Kier alpha value is -3.02. The molecule has 5 heteroatoms. The van der Waals surface area contributed by atoms with Gasteiger partial charge in [0.25, 0.3) is 0 Å². The van der Waals surface area contributed by atoms with Gasteiger partial charge in [0, 0.05) is 19.6 Å². The number of aryl methyl sites for hydroxylation is 2. The smallest absolute Gasteiger partial charge is 0.119 e. The van der Waals surface area contributed by atoms with Gasteiger partial charge in [0.15, 0.2) is 0 Å². The lowest BCUT2D eigenvalue weighted by Crippen LogP contribution is -2.26. The van der Waals surface area contributed by atoms with Crippen molar-refractivity contribution in [1.29, 1.82) is 0 Å². The predicted octanol–water partition coefficient (Wildman–Crippen LogP) is 7.71. The molecule has 3 nitrogen and oxygen atoms in total. The summed E-state index contributed by atoms with van der Waals surface area (Å²) in [5.41, 5.74) is 12.4. The molecule has 0 bridgehead atoms. The number of halogens is 1. The van der Waals surface area contributed by atoms with Crippen LogP contribution >= 0.6 is 11.3 Å². The van der Waals surface area contributed by atoms with Crippen molar-refractivity contribution in [2.75, 3.05) is 26.3 Å². The third-order valence-electron chi connectivity index (χ3n) is 7.67. The number of hydrogen-bond donors (Lipinski definition) is 0. The van der Waals surface area contributed by atoms with Gasteiger partial charge in [0.05, 0.1) is 22.4 Å². The monoisotopic (exact) mass is 512 g/mol. The summed E-state index contributed by atoms with van der Waals surface area (Å²) in [7, 11) is 0. The van der Waals surface area contributed by atoms with Gasteiger partial charge in [0.1, 0.15) is 11.9 Å². The van der Waals surface area contributed by atoms with Gasteiger partial charge in [-0.2, -0.15) is 0 Å². The zero-order valence-electron chi connectivity index (χ0n) is 21.4. The molecule has 37 heavy (non-hydrogen) atoms. The van der Waals surface area contributed by atoms with Crippen molar-refractivity contribution in [3.63, 3.8) is 0 Å². The molecule has 6 rings (SSSR count). The van der Waals surface area contributed by atoms with E-state index in [0.717, 1.165) is 56.6 Å². The van der Waals surface area contributed by atoms with Gasteiger partial charge in [-0.3, -0.25) is 9.29 Å². The van der Waals surface area contributed by atoms with Crippen LogP contribution in [0.15, 0.2) is 66.2 Å². The van der Waals surface area contributed by atoms with Crippen molar-refractivity contribution >= 4 is 32.7 Å². The van der Waals surface area contributed by atoms with Crippen molar-refractivity contribution in [3.8, 4) is 5.75 Å². The molecule has 0 spiro atoms. The molecule has 1 aliphatic carbocycles. The van der Waals surface area contributed by atoms with Gasteiger partial charge in [-0.1, -0.05) is 42.0 Å². The van der Waals surface area contributed by atoms with Crippen LogP contribution in [-0.4, -0.2) is 42.3 Å². The molecule has 4 aromatic rings. The molecule has 190 valence electrons. The van der Waals surface area contributed by atoms with E-state index in [-0.39, 0.29) is 12.8 Å². The average molecular weight is 513 g/mol. The Morgan fingerprint density at radius 1 is 1.03 bits per heavy atom. The molecule has 2 heterocycles. The minimum atomic E-state index is -0.248. The number of ether oxygens (including phenoxy) is 1. The molecule has 0 radical (unpaired) electrons. The fourth-order valence-corrected chi connectivity index (χ4v) is 6.57. The van der Waals surface area contributed by atoms with Crippen molar-refractivity contribution in [3.05, 3.63) is 94.0 Å². The number of benzene rings is 3. The van der Waals surface area contributed by atoms with E-state index in [1.807, 2.05) is 5.51 Å². The maximum Gasteiger partial charge on any atom is 0.119 e. The van der Waals surface area contributed by atoms with Crippen LogP contribution < -0.4 is 4.74 Å². The van der Waals surface area contributed by atoms with Crippen molar-refractivity contribution in [1.82, 2.24) is 9.88 Å². The number of fused-ring (bicyclic) bond motifs is 2. The van der Waals surface area contributed by atoms with E-state index in [1.54, 1.807) is 11.3 Å². The maximum atomic E-state index is 12.5. The molecule has 1 aliphatic heterocycles. The normalized spacial score (nSPS) is 18.3. The summed E-state index contributed by atoms with van der Waals surface area (Å²) in [5, 5.41) is 0. The molecular weight excluding hydrogens is 479 g/mol. The van der Waals surface area contributed by atoms with Crippen molar-refractivity contribution < 1.29 is 9.13 Å². The number of allylic oxidation sites excluding steroid dienone is 1. The molecule has 2 aliphatic rings. The number of aromatic nitrogens is 1. The van der Waals surface area contributed by atoms with E-state index in [0.29, 0.717) is 6.42 Å². The van der Waals surface area contributed by atoms with E-state index in [9.17, 15) is 4.39 Å². The second-order valence-corrected chi connectivity index (χ2v) is 11.2. The van der Waals surface area contributed by atoms with Gasteiger partial charge >= 0.3 is 0 Å². The Morgan fingerprint density at radius 2 is 1.89 bits per heavy atom. The first kappa shape index (κ1) is 24.3. The number of alkyl halides is 1. The van der Waals surface area contributed by atoms with E-state index in [1.165, 1.54) is 43.7 Å². The number of hydrogen-bond acceptors (Lipinski definition) is 4. The highest BCUT2D eigenvalue weighted by molar-refractivity contribution is 7.16. The van der Waals surface area contributed by atoms with Gasteiger partial charge in [0.2, 0.25) is 0 Å². The Bertz CT molecular complexity index is 1420. The van der Waals surface area contributed by atoms with Crippen molar-refractivity contribution in [2.45, 2.75) is 45.1 Å². The van der Waals surface area contributed by atoms with E-state index < -0.39 is 0 Å². The predicted molar refractivity (Wildman–Crippen MR) is 152 cm³/mol. The van der Waals surface area contributed by atoms with Crippen molar-refractivity contribution in [2.24, 2.45) is 0 Å². The molecule has 1 saturated heterocycles. The molecule has 3 aromatic carbocycles. The quantitative estimate of drug-likeness (QED) is 0.254. The van der Waals surface area contributed by atoms with Crippen LogP contribution in [-0.2, 0) is 6.42 Å². The third-order valence-corrected chi connectivity index (χ3v) is 8.46. The number of thiazole rings is 1. The topological polar surface area (TPSA) is 25.4 Å². The largest absolute Gasteiger partial charge is 0.489 e. The van der Waals surface area contributed by atoms with Gasteiger partial charge < -0.3 is 4.74 Å². The molecule has 0 N–H and O–H groups in total. The lowest BCUT2D eigenvalue weighted by molar-refractivity contribution is 0.198. The number of nitrogens with zero attached hydrogens (tertiary/aromatic N) is 2. The van der Waals surface area contributed by atoms with Crippen LogP contribution in [0.1, 0.15) is 53.5 Å². The fraction of sp³-hybridized carbons (Fsp3) is 0.344. The molecule has 0 amide bonds. The Kier molecular flexibility index (Phi) is 7.08. The summed E-state index contributed by atoms with van der Waals surface area (Å²) >= 11 is 1.70. The average Bonchev–Trinajstić information content (AvgIpc) is 3.53. The molecule has 1 aromatic heterocycles. The summed E-state index contributed by atoms with van der Waals surface area (Å²) in [4.78, 5) is 6.79. The summed E-state index contributed by atoms with van der Waals surface area (Å²) in [6.07, 6.45) is 5.05. The Morgan fingerprint density at radius 3 is 2.76 bits per heavy atom. The molecule has 0 saturated carbocycles.